The van der Waals surface area contributed by atoms with E-state index in [-0.39, 0.29) is 41.0 Å². The van der Waals surface area contributed by atoms with Crippen molar-refractivity contribution in [2.45, 2.75) is 86.6 Å². The molecule has 3 aliphatic rings. The zero-order valence-electron chi connectivity index (χ0n) is 21.2. The first-order valence-electron chi connectivity index (χ1n) is 13.4. The van der Waals surface area contributed by atoms with Gasteiger partial charge >= 0.3 is 5.97 Å². The number of benzene rings is 1. The second-order valence-electron chi connectivity index (χ2n) is 10.7. The Kier molecular flexibility index (Phi) is 9.07. The van der Waals surface area contributed by atoms with E-state index in [4.69, 9.17) is 4.74 Å². The molecule has 6 nitrogen and oxygen atoms in total. The Morgan fingerprint density at radius 1 is 1.17 bits per heavy atom. The Balaban J connectivity index is 1.50. The van der Waals surface area contributed by atoms with Crippen molar-refractivity contribution in [2.75, 3.05) is 7.11 Å². The van der Waals surface area contributed by atoms with Crippen LogP contribution in [0.15, 0.2) is 59.0 Å². The summed E-state index contributed by atoms with van der Waals surface area (Å²) in [7, 11) is -2.29. The van der Waals surface area contributed by atoms with Crippen molar-refractivity contribution >= 4 is 15.8 Å². The monoisotopic (exact) mass is 516 g/mol. The van der Waals surface area contributed by atoms with Crippen LogP contribution in [0.25, 0.3) is 0 Å². The van der Waals surface area contributed by atoms with Crippen LogP contribution in [-0.2, 0) is 19.4 Å². The molecule has 3 aliphatic carbocycles. The summed E-state index contributed by atoms with van der Waals surface area (Å²) in [5, 5.41) is 20.8. The van der Waals surface area contributed by atoms with Crippen molar-refractivity contribution in [3.63, 3.8) is 0 Å². The molecule has 1 aromatic rings. The lowest BCUT2D eigenvalue weighted by molar-refractivity contribution is -0.140. The molecule has 7 heteroatoms. The number of methoxy groups -OCH3 is 1. The standard InChI is InChI=1S/C29H40O6S/c1-35-29(32)14-8-13-28(36(33,34)23-11-6-3-7-12-23)22-17-21-19-27(31)24(25(21)18-22)15-16-26(30)20-9-4-2-5-10-20/h3,6-7,11-12,15-17,20-21,24-28,30-31H,2,4-5,8-10,13-14,18-19H2,1H3/b16-15+/t21-,24-,25-,26+,27+,28?/m0/s1. The Hall–Kier alpha value is -1.96. The van der Waals surface area contributed by atoms with Gasteiger partial charge in [-0.3, -0.25) is 4.79 Å². The molecule has 0 aliphatic heterocycles. The predicted octanol–water partition coefficient (Wildman–Crippen LogP) is 4.61. The molecule has 2 fully saturated rings. The quantitative estimate of drug-likeness (QED) is 0.348. The summed E-state index contributed by atoms with van der Waals surface area (Å²) in [5.41, 5.74) is 0.886. The molecule has 6 atom stereocenters. The van der Waals surface area contributed by atoms with Gasteiger partial charge in [0, 0.05) is 12.3 Å². The molecular formula is C29H40O6S. The number of hydrogen-bond acceptors (Lipinski definition) is 6. The van der Waals surface area contributed by atoms with Crippen molar-refractivity contribution in [1.82, 2.24) is 0 Å². The van der Waals surface area contributed by atoms with E-state index in [0.717, 1.165) is 31.3 Å². The number of carbonyl (C=O) groups excluding carboxylic acids is 1. The highest BCUT2D eigenvalue weighted by Gasteiger charge is 2.46. The third-order valence-corrected chi connectivity index (χ3v) is 10.7. The summed E-state index contributed by atoms with van der Waals surface area (Å²) in [5.74, 6) is 0.0892. The van der Waals surface area contributed by atoms with Gasteiger partial charge in [0.2, 0.25) is 0 Å². The third kappa shape index (κ3) is 6.12. The van der Waals surface area contributed by atoms with Gasteiger partial charge < -0.3 is 14.9 Å². The van der Waals surface area contributed by atoms with Crippen molar-refractivity contribution in [3.05, 3.63) is 54.1 Å². The van der Waals surface area contributed by atoms with Gasteiger partial charge in [0.15, 0.2) is 9.84 Å². The highest BCUT2D eigenvalue weighted by Crippen LogP contribution is 2.49. The Morgan fingerprint density at radius 2 is 1.89 bits per heavy atom. The Morgan fingerprint density at radius 3 is 2.58 bits per heavy atom. The fraction of sp³-hybridized carbons (Fsp3) is 0.621. The average molecular weight is 517 g/mol. The lowest BCUT2D eigenvalue weighted by atomic mass is 9.83. The predicted molar refractivity (Wildman–Crippen MR) is 139 cm³/mol. The van der Waals surface area contributed by atoms with E-state index in [2.05, 4.69) is 6.08 Å². The minimum Gasteiger partial charge on any atom is -0.469 e. The Bertz CT molecular complexity index is 1040. The number of carbonyl (C=O) groups is 1. The van der Waals surface area contributed by atoms with Crippen molar-refractivity contribution in [3.8, 4) is 0 Å². The van der Waals surface area contributed by atoms with Gasteiger partial charge in [0.05, 0.1) is 29.5 Å². The van der Waals surface area contributed by atoms with Crippen LogP contribution in [0.2, 0.25) is 0 Å². The fourth-order valence-corrected chi connectivity index (χ4v) is 8.42. The van der Waals surface area contributed by atoms with Crippen LogP contribution in [0.3, 0.4) is 0 Å². The molecule has 0 amide bonds. The molecule has 0 bridgehead atoms. The van der Waals surface area contributed by atoms with E-state index in [0.29, 0.717) is 25.7 Å². The first kappa shape index (κ1) is 27.1. The number of aliphatic hydroxyl groups excluding tert-OH is 2. The zero-order valence-corrected chi connectivity index (χ0v) is 22.0. The maximum atomic E-state index is 13.7. The number of allylic oxidation sites excluding steroid dienone is 1. The third-order valence-electron chi connectivity index (χ3n) is 8.50. The van der Waals surface area contributed by atoms with Crippen molar-refractivity contribution in [1.29, 1.82) is 0 Å². The average Bonchev–Trinajstić information content (AvgIpc) is 3.42. The number of esters is 1. The summed E-state index contributed by atoms with van der Waals surface area (Å²) in [6.07, 6.45) is 12.8. The largest absolute Gasteiger partial charge is 0.469 e. The molecule has 198 valence electrons. The SMILES string of the molecule is COC(=O)CCCC(C1=C[C@H]2C[C@@H](O)[C@@H](/C=C/[C@@H](O)C3CCCCC3)[C@H]2C1)S(=O)(=O)c1ccccc1. The molecule has 0 heterocycles. The summed E-state index contributed by atoms with van der Waals surface area (Å²) in [6.45, 7) is 0. The summed E-state index contributed by atoms with van der Waals surface area (Å²) in [6, 6.07) is 8.50. The van der Waals surface area contributed by atoms with Crippen LogP contribution in [0.1, 0.15) is 64.2 Å². The van der Waals surface area contributed by atoms with Crippen LogP contribution >= 0.6 is 0 Å². The van der Waals surface area contributed by atoms with Gasteiger partial charge in [-0.1, -0.05) is 61.3 Å². The number of fused-ring (bicyclic) bond motifs is 1. The van der Waals surface area contributed by atoms with Crippen LogP contribution < -0.4 is 0 Å². The number of rotatable bonds is 10. The van der Waals surface area contributed by atoms with Gasteiger partial charge in [-0.15, -0.1) is 0 Å². The molecule has 0 aromatic heterocycles. The highest BCUT2D eigenvalue weighted by molar-refractivity contribution is 7.92. The smallest absolute Gasteiger partial charge is 0.305 e. The lowest BCUT2D eigenvalue weighted by Gasteiger charge is -2.26. The van der Waals surface area contributed by atoms with E-state index in [1.807, 2.05) is 12.2 Å². The summed E-state index contributed by atoms with van der Waals surface area (Å²) in [4.78, 5) is 12.0. The van der Waals surface area contributed by atoms with Gasteiger partial charge in [-0.25, -0.2) is 8.42 Å². The van der Waals surface area contributed by atoms with Gasteiger partial charge in [-0.2, -0.15) is 0 Å². The molecule has 36 heavy (non-hydrogen) atoms. The van der Waals surface area contributed by atoms with Crippen LogP contribution in [0.4, 0.5) is 0 Å². The normalized spacial score (nSPS) is 28.6. The molecule has 1 unspecified atom stereocenters. The van der Waals surface area contributed by atoms with Crippen LogP contribution in [-0.4, -0.2) is 49.2 Å². The van der Waals surface area contributed by atoms with Crippen LogP contribution in [0.5, 0.6) is 0 Å². The minimum atomic E-state index is -3.63. The molecule has 2 N–H and O–H groups in total. The van der Waals surface area contributed by atoms with E-state index in [1.165, 1.54) is 13.5 Å². The van der Waals surface area contributed by atoms with Crippen molar-refractivity contribution in [2.24, 2.45) is 23.7 Å². The molecule has 2 saturated carbocycles. The number of aliphatic hydroxyl groups is 2. The molecule has 1 aromatic carbocycles. The lowest BCUT2D eigenvalue weighted by Crippen LogP contribution is -2.26. The first-order chi connectivity index (χ1) is 17.3. The van der Waals surface area contributed by atoms with Gasteiger partial charge in [0.1, 0.15) is 0 Å². The molecule has 0 radical (unpaired) electrons. The maximum Gasteiger partial charge on any atom is 0.305 e. The van der Waals surface area contributed by atoms with E-state index in [1.54, 1.807) is 30.3 Å². The number of sulfone groups is 1. The topological polar surface area (TPSA) is 101 Å². The van der Waals surface area contributed by atoms with Crippen LogP contribution in [0, 0.1) is 23.7 Å². The molecule has 0 saturated heterocycles. The van der Waals surface area contributed by atoms with Gasteiger partial charge in [0.25, 0.3) is 0 Å². The first-order valence-corrected chi connectivity index (χ1v) is 15.0. The molecular weight excluding hydrogens is 476 g/mol. The number of hydrogen-bond donors (Lipinski definition) is 2. The number of ether oxygens (including phenoxy) is 1. The maximum absolute atomic E-state index is 13.7. The zero-order chi connectivity index (χ0) is 25.7. The summed E-state index contributed by atoms with van der Waals surface area (Å²) >= 11 is 0. The summed E-state index contributed by atoms with van der Waals surface area (Å²) < 4.78 is 32.1. The second-order valence-corrected chi connectivity index (χ2v) is 12.9. The Labute approximate surface area is 215 Å². The minimum absolute atomic E-state index is 0.0999. The van der Waals surface area contributed by atoms with Crippen molar-refractivity contribution < 1.29 is 28.2 Å². The van der Waals surface area contributed by atoms with E-state index >= 15 is 0 Å². The van der Waals surface area contributed by atoms with Gasteiger partial charge in [-0.05, 0) is 68.4 Å². The molecule has 4 rings (SSSR count). The molecule has 0 spiro atoms. The second kappa shape index (κ2) is 12.1. The highest BCUT2D eigenvalue weighted by atomic mass is 32.2. The van der Waals surface area contributed by atoms with E-state index in [9.17, 15) is 23.4 Å². The fourth-order valence-electron chi connectivity index (χ4n) is 6.51. The van der Waals surface area contributed by atoms with E-state index < -0.39 is 27.3 Å².